The van der Waals surface area contributed by atoms with E-state index in [1.54, 1.807) is 0 Å². The summed E-state index contributed by atoms with van der Waals surface area (Å²) in [7, 11) is 0. The molecule has 102 valence electrons. The van der Waals surface area contributed by atoms with Crippen molar-refractivity contribution < 1.29 is 4.79 Å². The molecule has 2 bridgehead atoms. The van der Waals surface area contributed by atoms with Crippen LogP contribution in [0.1, 0.15) is 50.5 Å². The van der Waals surface area contributed by atoms with Crippen molar-refractivity contribution in [2.75, 3.05) is 5.73 Å². The first-order chi connectivity index (χ1) is 9.13. The van der Waals surface area contributed by atoms with E-state index in [1.807, 2.05) is 24.3 Å². The Morgan fingerprint density at radius 3 is 2.58 bits per heavy atom. The zero-order valence-electron chi connectivity index (χ0n) is 11.6. The number of carbonyl (C=O) groups is 1. The number of anilines is 1. The second-order valence-corrected chi connectivity index (χ2v) is 6.52. The van der Waals surface area contributed by atoms with Gasteiger partial charge in [0.05, 0.1) is 0 Å². The van der Waals surface area contributed by atoms with Crippen molar-refractivity contribution in [3.8, 4) is 0 Å². The minimum absolute atomic E-state index is 0.312. The summed E-state index contributed by atoms with van der Waals surface area (Å²) in [5.74, 6) is 2.74. The predicted molar refractivity (Wildman–Crippen MR) is 77.8 cm³/mol. The fourth-order valence-electron chi connectivity index (χ4n) is 4.03. The van der Waals surface area contributed by atoms with Crippen molar-refractivity contribution in [3.63, 3.8) is 0 Å². The summed E-state index contributed by atoms with van der Waals surface area (Å²) < 4.78 is 0. The molecule has 4 atom stereocenters. The molecule has 2 aliphatic carbocycles. The fourth-order valence-corrected chi connectivity index (χ4v) is 4.03. The van der Waals surface area contributed by atoms with Gasteiger partial charge in [0.1, 0.15) is 5.78 Å². The van der Waals surface area contributed by atoms with Crippen LogP contribution >= 0.6 is 0 Å². The van der Waals surface area contributed by atoms with E-state index in [4.69, 9.17) is 5.73 Å². The number of fused-ring (bicyclic) bond motifs is 2. The van der Waals surface area contributed by atoms with Gasteiger partial charge in [-0.05, 0) is 54.7 Å². The molecular formula is C17H23NO. The van der Waals surface area contributed by atoms with E-state index < -0.39 is 0 Å². The molecule has 1 aromatic rings. The lowest BCUT2D eigenvalue weighted by Crippen LogP contribution is -2.22. The summed E-state index contributed by atoms with van der Waals surface area (Å²) in [5.41, 5.74) is 7.72. The van der Waals surface area contributed by atoms with E-state index in [2.05, 4.69) is 6.92 Å². The van der Waals surface area contributed by atoms with Crippen molar-refractivity contribution in [1.29, 1.82) is 0 Å². The number of hydrogen-bond acceptors (Lipinski definition) is 2. The van der Waals surface area contributed by atoms with E-state index in [9.17, 15) is 4.79 Å². The lowest BCUT2D eigenvalue weighted by molar-refractivity contribution is -0.124. The van der Waals surface area contributed by atoms with Crippen LogP contribution in [0.2, 0.25) is 0 Å². The largest absolute Gasteiger partial charge is 0.399 e. The Morgan fingerprint density at radius 1 is 1.26 bits per heavy atom. The van der Waals surface area contributed by atoms with Crippen LogP contribution < -0.4 is 5.73 Å². The third-order valence-corrected chi connectivity index (χ3v) is 5.16. The minimum atomic E-state index is 0.312. The number of nitrogen functional groups attached to an aromatic ring is 1. The highest BCUT2D eigenvalue weighted by molar-refractivity contribution is 5.82. The number of Topliss-reactive ketones (excluding diaryl/α,β-unsaturated/α-hetero) is 1. The first kappa shape index (κ1) is 12.7. The Bertz CT molecular complexity index is 465. The van der Waals surface area contributed by atoms with Gasteiger partial charge in [0.15, 0.2) is 0 Å². The molecule has 1 aromatic carbocycles. The summed E-state index contributed by atoms with van der Waals surface area (Å²) in [5, 5.41) is 0. The van der Waals surface area contributed by atoms with Crippen LogP contribution in [0.25, 0.3) is 0 Å². The number of hydrogen-bond donors (Lipinski definition) is 1. The highest BCUT2D eigenvalue weighted by Crippen LogP contribution is 2.49. The van der Waals surface area contributed by atoms with Crippen LogP contribution in [0.4, 0.5) is 5.69 Å². The Kier molecular flexibility index (Phi) is 3.34. The Morgan fingerprint density at radius 2 is 2.00 bits per heavy atom. The van der Waals surface area contributed by atoms with Gasteiger partial charge in [0.25, 0.3) is 0 Å². The van der Waals surface area contributed by atoms with Crippen molar-refractivity contribution in [2.24, 2.45) is 17.8 Å². The lowest BCUT2D eigenvalue weighted by Gasteiger charge is -2.22. The maximum atomic E-state index is 12.5. The van der Waals surface area contributed by atoms with Gasteiger partial charge in [-0.3, -0.25) is 4.79 Å². The van der Waals surface area contributed by atoms with Crippen molar-refractivity contribution in [2.45, 2.75) is 44.9 Å². The molecule has 2 saturated carbocycles. The molecule has 2 N–H and O–H groups in total. The second kappa shape index (κ2) is 4.99. The molecule has 0 radical (unpaired) electrons. The van der Waals surface area contributed by atoms with E-state index in [1.165, 1.54) is 24.8 Å². The number of rotatable bonds is 4. The van der Waals surface area contributed by atoms with Gasteiger partial charge >= 0.3 is 0 Å². The van der Waals surface area contributed by atoms with E-state index >= 15 is 0 Å². The van der Waals surface area contributed by atoms with Gasteiger partial charge < -0.3 is 5.73 Å². The second-order valence-electron chi connectivity index (χ2n) is 6.52. The molecule has 2 fully saturated rings. The standard InChI is InChI=1S/C17H23NO/c1-11(13-4-6-15(18)7-5-13)8-17(19)16-10-12-2-3-14(16)9-12/h4-7,11-12,14,16H,2-3,8-10,18H2,1H3. The molecule has 0 saturated heterocycles. The molecule has 4 unspecified atom stereocenters. The Labute approximate surface area is 115 Å². The monoisotopic (exact) mass is 257 g/mol. The fraction of sp³-hybridized carbons (Fsp3) is 0.588. The predicted octanol–water partition coefficient (Wildman–Crippen LogP) is 3.77. The highest BCUT2D eigenvalue weighted by Gasteiger charge is 2.42. The lowest BCUT2D eigenvalue weighted by atomic mass is 9.82. The number of benzene rings is 1. The van der Waals surface area contributed by atoms with Crippen molar-refractivity contribution >= 4 is 11.5 Å². The molecule has 0 aromatic heterocycles. The van der Waals surface area contributed by atoms with Crippen LogP contribution in [0.5, 0.6) is 0 Å². The molecule has 0 heterocycles. The van der Waals surface area contributed by atoms with Crippen molar-refractivity contribution in [3.05, 3.63) is 29.8 Å². The van der Waals surface area contributed by atoms with Gasteiger partial charge in [-0.25, -0.2) is 0 Å². The van der Waals surface area contributed by atoms with Crippen molar-refractivity contribution in [1.82, 2.24) is 0 Å². The van der Waals surface area contributed by atoms with Crippen LogP contribution in [0.3, 0.4) is 0 Å². The molecule has 2 nitrogen and oxygen atoms in total. The number of carbonyl (C=O) groups excluding carboxylic acids is 1. The van der Waals surface area contributed by atoms with Gasteiger partial charge in [-0.2, -0.15) is 0 Å². The van der Waals surface area contributed by atoms with Crippen LogP contribution in [-0.2, 0) is 4.79 Å². The third kappa shape index (κ3) is 2.54. The molecular weight excluding hydrogens is 234 g/mol. The summed E-state index contributed by atoms with van der Waals surface area (Å²) in [6.45, 7) is 2.15. The molecule has 2 aliphatic rings. The SMILES string of the molecule is CC(CC(=O)C1CC2CCC1C2)c1ccc(N)cc1. The summed E-state index contributed by atoms with van der Waals surface area (Å²) in [6, 6.07) is 7.95. The van der Waals surface area contributed by atoms with E-state index in [0.717, 1.165) is 18.0 Å². The molecule has 0 aliphatic heterocycles. The summed E-state index contributed by atoms with van der Waals surface area (Å²) in [6.07, 6.45) is 5.82. The average Bonchev–Trinajstić information content (AvgIpc) is 3.01. The molecule has 2 heteroatoms. The first-order valence-electron chi connectivity index (χ1n) is 7.51. The molecule has 19 heavy (non-hydrogen) atoms. The minimum Gasteiger partial charge on any atom is -0.399 e. The molecule has 0 amide bonds. The van der Waals surface area contributed by atoms with Gasteiger partial charge in [0, 0.05) is 18.0 Å². The number of ketones is 1. The first-order valence-corrected chi connectivity index (χ1v) is 7.51. The highest BCUT2D eigenvalue weighted by atomic mass is 16.1. The third-order valence-electron chi connectivity index (χ3n) is 5.16. The summed E-state index contributed by atoms with van der Waals surface area (Å²) >= 11 is 0. The zero-order valence-corrected chi connectivity index (χ0v) is 11.6. The van der Waals surface area contributed by atoms with Crippen LogP contribution in [0.15, 0.2) is 24.3 Å². The normalized spacial score (nSPS) is 30.5. The van der Waals surface area contributed by atoms with Gasteiger partial charge in [0.2, 0.25) is 0 Å². The molecule has 0 spiro atoms. The topological polar surface area (TPSA) is 43.1 Å². The maximum Gasteiger partial charge on any atom is 0.136 e. The Hall–Kier alpha value is -1.31. The smallest absolute Gasteiger partial charge is 0.136 e. The van der Waals surface area contributed by atoms with E-state index in [0.29, 0.717) is 30.0 Å². The summed E-state index contributed by atoms with van der Waals surface area (Å²) in [4.78, 5) is 12.5. The maximum absolute atomic E-state index is 12.5. The van der Waals surface area contributed by atoms with E-state index in [-0.39, 0.29) is 0 Å². The quantitative estimate of drug-likeness (QED) is 0.834. The average molecular weight is 257 g/mol. The van der Waals surface area contributed by atoms with Crippen LogP contribution in [0, 0.1) is 17.8 Å². The molecule has 3 rings (SSSR count). The van der Waals surface area contributed by atoms with Crippen LogP contribution in [-0.4, -0.2) is 5.78 Å². The Balaban J connectivity index is 1.61. The van der Waals surface area contributed by atoms with Gasteiger partial charge in [-0.1, -0.05) is 25.5 Å². The number of nitrogens with two attached hydrogens (primary N) is 1. The van der Waals surface area contributed by atoms with Gasteiger partial charge in [-0.15, -0.1) is 0 Å². The zero-order chi connectivity index (χ0) is 13.4.